The number of pyridine rings is 1. The van der Waals surface area contributed by atoms with Gasteiger partial charge in [0.05, 0.1) is 23.5 Å². The SMILES string of the molecule is CCOC(=O)c1sc(-c2ccc(F)cc2)cc1N=Cc1c(O)n(-c2ccc(C)c(C)c2)c(=O)c2ccccc12. The van der Waals surface area contributed by atoms with Crippen molar-refractivity contribution < 1.29 is 19.0 Å². The van der Waals surface area contributed by atoms with Crippen LogP contribution in [-0.4, -0.2) is 28.5 Å². The van der Waals surface area contributed by atoms with Crippen LogP contribution < -0.4 is 5.56 Å². The zero-order valence-electron chi connectivity index (χ0n) is 21.6. The predicted molar refractivity (Wildman–Crippen MR) is 154 cm³/mol. The van der Waals surface area contributed by atoms with Gasteiger partial charge >= 0.3 is 5.97 Å². The average molecular weight is 541 g/mol. The number of rotatable bonds is 6. The van der Waals surface area contributed by atoms with Crippen LogP contribution in [0.15, 0.2) is 82.6 Å². The van der Waals surface area contributed by atoms with Crippen LogP contribution >= 0.6 is 11.3 Å². The van der Waals surface area contributed by atoms with Crippen molar-refractivity contribution in [3.63, 3.8) is 0 Å². The monoisotopic (exact) mass is 540 g/mol. The van der Waals surface area contributed by atoms with Crippen molar-refractivity contribution in [2.75, 3.05) is 6.61 Å². The molecule has 0 aliphatic rings. The van der Waals surface area contributed by atoms with Crippen molar-refractivity contribution in [3.05, 3.63) is 111 Å². The first-order valence-corrected chi connectivity index (χ1v) is 13.2. The lowest BCUT2D eigenvalue weighted by Gasteiger charge is -2.14. The molecule has 6 nitrogen and oxygen atoms in total. The van der Waals surface area contributed by atoms with Gasteiger partial charge in [0.15, 0.2) is 0 Å². The van der Waals surface area contributed by atoms with Crippen LogP contribution in [0.2, 0.25) is 0 Å². The molecule has 0 bridgehead atoms. The summed E-state index contributed by atoms with van der Waals surface area (Å²) in [5, 5.41) is 12.3. The Morgan fingerprint density at radius 2 is 1.74 bits per heavy atom. The number of thiophene rings is 1. The number of aliphatic imine (C=N–C) groups is 1. The Kier molecular flexibility index (Phi) is 7.13. The largest absolute Gasteiger partial charge is 0.494 e. The molecule has 0 unspecified atom stereocenters. The summed E-state index contributed by atoms with van der Waals surface area (Å²) in [4.78, 5) is 31.8. The van der Waals surface area contributed by atoms with E-state index in [0.717, 1.165) is 16.7 Å². The van der Waals surface area contributed by atoms with Crippen molar-refractivity contribution in [1.29, 1.82) is 0 Å². The lowest BCUT2D eigenvalue weighted by molar-refractivity contribution is 0.0533. The standard InChI is InChI=1S/C31H25FN2O4S/c1-4-38-31(37)28-26(16-27(39-28)20-10-12-21(32)13-11-20)33-17-25-23-7-5-6-8-24(23)29(35)34(30(25)36)22-14-9-18(2)19(3)15-22/h5-17,36H,4H2,1-3H3. The number of fused-ring (bicyclic) bond motifs is 1. The van der Waals surface area contributed by atoms with E-state index in [2.05, 4.69) is 4.99 Å². The summed E-state index contributed by atoms with van der Waals surface area (Å²) in [6.07, 6.45) is 1.45. The van der Waals surface area contributed by atoms with Crippen LogP contribution in [0, 0.1) is 19.7 Å². The number of hydrogen-bond donors (Lipinski definition) is 1. The highest BCUT2D eigenvalue weighted by atomic mass is 32.1. The number of carbonyl (C=O) groups is 1. The molecule has 0 saturated heterocycles. The lowest BCUT2D eigenvalue weighted by atomic mass is 10.1. The number of aryl methyl sites for hydroxylation is 2. The molecule has 0 saturated carbocycles. The van der Waals surface area contributed by atoms with E-state index < -0.39 is 5.97 Å². The molecule has 0 radical (unpaired) electrons. The summed E-state index contributed by atoms with van der Waals surface area (Å²) in [5.74, 6) is -1.16. The van der Waals surface area contributed by atoms with Gasteiger partial charge in [-0.3, -0.25) is 9.79 Å². The van der Waals surface area contributed by atoms with E-state index in [1.54, 1.807) is 55.5 Å². The molecule has 1 N–H and O–H groups in total. The van der Waals surface area contributed by atoms with E-state index in [1.807, 2.05) is 26.0 Å². The molecular weight excluding hydrogens is 515 g/mol. The number of aromatic hydroxyl groups is 1. The molecule has 8 heteroatoms. The minimum atomic E-state index is -0.530. The van der Waals surface area contributed by atoms with Gasteiger partial charge in [0.2, 0.25) is 5.88 Å². The third-order valence-corrected chi connectivity index (χ3v) is 7.64. The van der Waals surface area contributed by atoms with E-state index in [9.17, 15) is 19.1 Å². The molecule has 0 aliphatic carbocycles. The number of benzene rings is 3. The van der Waals surface area contributed by atoms with E-state index >= 15 is 0 Å². The number of hydrogen-bond acceptors (Lipinski definition) is 6. The van der Waals surface area contributed by atoms with Crippen LogP contribution in [0.25, 0.3) is 26.9 Å². The minimum Gasteiger partial charge on any atom is -0.494 e. The fourth-order valence-corrected chi connectivity index (χ4v) is 5.31. The Morgan fingerprint density at radius 3 is 2.44 bits per heavy atom. The quantitative estimate of drug-likeness (QED) is 0.184. The first kappa shape index (κ1) is 26.1. The third-order valence-electron chi connectivity index (χ3n) is 6.49. The lowest BCUT2D eigenvalue weighted by Crippen LogP contribution is -2.20. The van der Waals surface area contributed by atoms with Gasteiger partial charge in [0.1, 0.15) is 10.7 Å². The number of nitrogens with zero attached hydrogens (tertiary/aromatic N) is 2. The first-order chi connectivity index (χ1) is 18.8. The molecule has 0 atom stereocenters. The van der Waals surface area contributed by atoms with Gasteiger partial charge in [0, 0.05) is 21.9 Å². The van der Waals surface area contributed by atoms with E-state index in [-0.39, 0.29) is 28.7 Å². The van der Waals surface area contributed by atoms with Gasteiger partial charge in [-0.25, -0.2) is 13.8 Å². The van der Waals surface area contributed by atoms with Gasteiger partial charge in [-0.15, -0.1) is 11.3 Å². The molecule has 2 aromatic heterocycles. The molecule has 39 heavy (non-hydrogen) atoms. The van der Waals surface area contributed by atoms with Crippen LogP contribution in [0.3, 0.4) is 0 Å². The second kappa shape index (κ2) is 10.7. The highest BCUT2D eigenvalue weighted by molar-refractivity contribution is 7.18. The highest BCUT2D eigenvalue weighted by Crippen LogP contribution is 2.37. The van der Waals surface area contributed by atoms with Crippen LogP contribution in [0.4, 0.5) is 10.1 Å². The second-order valence-electron chi connectivity index (χ2n) is 9.00. The molecule has 0 aliphatic heterocycles. The molecule has 0 spiro atoms. The average Bonchev–Trinajstić information content (AvgIpc) is 3.35. The molecule has 5 aromatic rings. The summed E-state index contributed by atoms with van der Waals surface area (Å²) in [6, 6.07) is 20.2. The molecule has 2 heterocycles. The molecule has 5 rings (SSSR count). The summed E-state index contributed by atoms with van der Waals surface area (Å²) < 4.78 is 20.0. The summed E-state index contributed by atoms with van der Waals surface area (Å²) in [6.45, 7) is 5.83. The van der Waals surface area contributed by atoms with Crippen molar-refractivity contribution in [3.8, 4) is 22.0 Å². The Morgan fingerprint density at radius 1 is 1.03 bits per heavy atom. The fraction of sp³-hybridized carbons (Fsp3) is 0.129. The number of halogens is 1. The van der Waals surface area contributed by atoms with Crippen LogP contribution in [0.5, 0.6) is 5.88 Å². The fourth-order valence-electron chi connectivity index (χ4n) is 4.30. The van der Waals surface area contributed by atoms with E-state index in [1.165, 1.54) is 34.3 Å². The van der Waals surface area contributed by atoms with Gasteiger partial charge in [-0.2, -0.15) is 0 Å². The zero-order chi connectivity index (χ0) is 27.7. The van der Waals surface area contributed by atoms with Crippen molar-refractivity contribution in [2.45, 2.75) is 20.8 Å². The minimum absolute atomic E-state index is 0.193. The maximum atomic E-state index is 13.5. The maximum Gasteiger partial charge on any atom is 0.350 e. The highest BCUT2D eigenvalue weighted by Gasteiger charge is 2.20. The van der Waals surface area contributed by atoms with Crippen molar-refractivity contribution in [1.82, 2.24) is 4.57 Å². The molecule has 0 amide bonds. The molecular formula is C31H25FN2O4S. The Bertz CT molecular complexity index is 1800. The number of esters is 1. The van der Waals surface area contributed by atoms with E-state index in [4.69, 9.17) is 4.74 Å². The van der Waals surface area contributed by atoms with Crippen molar-refractivity contribution in [2.24, 2.45) is 4.99 Å². The summed E-state index contributed by atoms with van der Waals surface area (Å²) in [7, 11) is 0. The second-order valence-corrected chi connectivity index (χ2v) is 10.1. The van der Waals surface area contributed by atoms with Crippen LogP contribution in [0.1, 0.15) is 33.3 Å². The van der Waals surface area contributed by atoms with Gasteiger partial charge in [-0.1, -0.05) is 36.4 Å². The zero-order valence-corrected chi connectivity index (χ0v) is 22.4. The topological polar surface area (TPSA) is 80.9 Å². The Balaban J connectivity index is 1.69. The summed E-state index contributed by atoms with van der Waals surface area (Å²) in [5.41, 5.74) is 3.61. The number of aromatic nitrogens is 1. The Hall–Kier alpha value is -4.56. The number of carbonyl (C=O) groups excluding carboxylic acids is 1. The van der Waals surface area contributed by atoms with Gasteiger partial charge < -0.3 is 9.84 Å². The van der Waals surface area contributed by atoms with Gasteiger partial charge in [0.25, 0.3) is 5.56 Å². The predicted octanol–water partition coefficient (Wildman–Crippen LogP) is 7.11. The summed E-state index contributed by atoms with van der Waals surface area (Å²) >= 11 is 1.19. The van der Waals surface area contributed by atoms with Crippen LogP contribution in [-0.2, 0) is 4.74 Å². The molecule has 0 fully saturated rings. The normalized spacial score (nSPS) is 11.4. The molecule has 3 aromatic carbocycles. The van der Waals surface area contributed by atoms with E-state index in [0.29, 0.717) is 32.6 Å². The van der Waals surface area contributed by atoms with Gasteiger partial charge in [-0.05, 0) is 73.9 Å². The smallest absolute Gasteiger partial charge is 0.350 e. The molecule has 196 valence electrons. The maximum absolute atomic E-state index is 13.5. The number of ether oxygens (including phenoxy) is 1. The Labute approximate surface area is 228 Å². The third kappa shape index (κ3) is 4.98. The first-order valence-electron chi connectivity index (χ1n) is 12.3. The van der Waals surface area contributed by atoms with Crippen molar-refractivity contribution >= 4 is 40.0 Å².